The molecular weight excluding hydrogens is 160 g/mol. The van der Waals surface area contributed by atoms with Gasteiger partial charge in [-0.05, 0) is 26.7 Å². The van der Waals surface area contributed by atoms with Crippen molar-refractivity contribution in [3.63, 3.8) is 0 Å². The highest BCUT2D eigenvalue weighted by atomic mass is 15.7. The average molecular weight is 182 g/mol. The molecular formula is C11H22N2. The molecule has 2 heterocycles. The number of hydrazine groups is 1. The van der Waals surface area contributed by atoms with Gasteiger partial charge in [0.05, 0.1) is 0 Å². The molecule has 0 saturated carbocycles. The third-order valence-electron chi connectivity index (χ3n) is 3.60. The maximum absolute atomic E-state index is 2.59. The van der Waals surface area contributed by atoms with Crippen LogP contribution in [0.15, 0.2) is 0 Å². The maximum atomic E-state index is 2.59. The Morgan fingerprint density at radius 1 is 0.769 bits per heavy atom. The van der Waals surface area contributed by atoms with Gasteiger partial charge in [-0.25, -0.2) is 10.0 Å². The van der Waals surface area contributed by atoms with Crippen LogP contribution >= 0.6 is 0 Å². The van der Waals surface area contributed by atoms with Gasteiger partial charge in [0.2, 0.25) is 0 Å². The van der Waals surface area contributed by atoms with E-state index in [0.29, 0.717) is 0 Å². The van der Waals surface area contributed by atoms with E-state index < -0.39 is 0 Å². The Balaban J connectivity index is 1.83. The van der Waals surface area contributed by atoms with Crippen molar-refractivity contribution in [2.75, 3.05) is 13.1 Å². The third kappa shape index (κ3) is 2.05. The summed E-state index contributed by atoms with van der Waals surface area (Å²) in [5.41, 5.74) is 0. The number of hydrogen-bond acceptors (Lipinski definition) is 2. The van der Waals surface area contributed by atoms with Gasteiger partial charge in [-0.2, -0.15) is 0 Å². The monoisotopic (exact) mass is 182 g/mol. The topological polar surface area (TPSA) is 6.25 Å². The second-order valence-electron chi connectivity index (χ2n) is 4.58. The maximum Gasteiger partial charge on any atom is 0.0388 e. The molecule has 0 spiro atoms. The van der Waals surface area contributed by atoms with Crippen LogP contribution in [0.1, 0.15) is 46.0 Å². The molecule has 2 heteroatoms. The highest BCUT2D eigenvalue weighted by Gasteiger charge is 2.43. The Bertz CT molecular complexity index is 153. The molecule has 2 aliphatic rings. The molecule has 0 bridgehead atoms. The van der Waals surface area contributed by atoms with Crippen LogP contribution in [0.3, 0.4) is 0 Å². The first kappa shape index (κ1) is 9.47. The first-order chi connectivity index (χ1) is 6.30. The Kier molecular flexibility index (Phi) is 2.89. The van der Waals surface area contributed by atoms with Crippen molar-refractivity contribution in [3.05, 3.63) is 0 Å². The highest BCUT2D eigenvalue weighted by Crippen LogP contribution is 2.30. The molecule has 0 aromatic heterocycles. The smallest absolute Gasteiger partial charge is 0.0388 e. The van der Waals surface area contributed by atoms with Gasteiger partial charge in [0, 0.05) is 25.2 Å². The lowest BCUT2D eigenvalue weighted by Crippen LogP contribution is -2.34. The summed E-state index contributed by atoms with van der Waals surface area (Å²) < 4.78 is 0. The second kappa shape index (κ2) is 3.97. The van der Waals surface area contributed by atoms with E-state index in [-0.39, 0.29) is 0 Å². The van der Waals surface area contributed by atoms with Gasteiger partial charge >= 0.3 is 0 Å². The van der Waals surface area contributed by atoms with Crippen LogP contribution in [0.2, 0.25) is 0 Å². The van der Waals surface area contributed by atoms with Crippen molar-refractivity contribution in [1.82, 2.24) is 10.0 Å². The predicted octanol–water partition coefficient (Wildman–Crippen LogP) is 2.26. The number of nitrogens with zero attached hydrogens (tertiary/aromatic N) is 2. The lowest BCUT2D eigenvalue weighted by molar-refractivity contribution is 0.0568. The molecule has 0 amide bonds. The van der Waals surface area contributed by atoms with Crippen LogP contribution in [-0.4, -0.2) is 35.2 Å². The van der Waals surface area contributed by atoms with Crippen molar-refractivity contribution >= 4 is 0 Å². The molecule has 2 atom stereocenters. The molecule has 2 nitrogen and oxygen atoms in total. The largest absolute Gasteiger partial charge is 0.241 e. The van der Waals surface area contributed by atoms with Crippen molar-refractivity contribution in [2.45, 2.75) is 58.0 Å². The zero-order chi connectivity index (χ0) is 9.26. The fraction of sp³-hybridized carbons (Fsp3) is 1.00. The van der Waals surface area contributed by atoms with E-state index in [1.54, 1.807) is 0 Å². The zero-order valence-electron chi connectivity index (χ0n) is 9.00. The SMILES string of the molecule is CC1C(C)N1N1CCCCCCC1. The Morgan fingerprint density at radius 2 is 1.23 bits per heavy atom. The molecule has 2 rings (SSSR count). The molecule has 0 aromatic rings. The van der Waals surface area contributed by atoms with E-state index in [1.165, 1.54) is 45.2 Å². The first-order valence-corrected chi connectivity index (χ1v) is 5.84. The normalized spacial score (nSPS) is 42.5. The highest BCUT2D eigenvalue weighted by molar-refractivity contribution is 4.93. The summed E-state index contributed by atoms with van der Waals surface area (Å²) in [6.07, 6.45) is 7.13. The van der Waals surface area contributed by atoms with Crippen molar-refractivity contribution in [3.8, 4) is 0 Å². The summed E-state index contributed by atoms with van der Waals surface area (Å²) >= 11 is 0. The van der Waals surface area contributed by atoms with Crippen LogP contribution < -0.4 is 0 Å². The minimum Gasteiger partial charge on any atom is -0.241 e. The molecule has 0 radical (unpaired) electrons. The van der Waals surface area contributed by atoms with Gasteiger partial charge in [0.1, 0.15) is 0 Å². The average Bonchev–Trinajstić information content (AvgIpc) is 2.61. The van der Waals surface area contributed by atoms with Crippen LogP contribution in [0.25, 0.3) is 0 Å². The standard InChI is InChI=1S/C11H22N2/c1-10-11(2)13(10)12-8-6-4-3-5-7-9-12/h10-11H,3-9H2,1-2H3. The first-order valence-electron chi connectivity index (χ1n) is 5.84. The van der Waals surface area contributed by atoms with Gasteiger partial charge < -0.3 is 0 Å². The van der Waals surface area contributed by atoms with Gasteiger partial charge in [-0.3, -0.25) is 0 Å². The third-order valence-corrected chi connectivity index (χ3v) is 3.60. The second-order valence-corrected chi connectivity index (χ2v) is 4.58. The molecule has 2 fully saturated rings. The van der Waals surface area contributed by atoms with Gasteiger partial charge in [-0.15, -0.1) is 0 Å². The van der Waals surface area contributed by atoms with E-state index in [9.17, 15) is 0 Å². The summed E-state index contributed by atoms with van der Waals surface area (Å²) in [6.45, 7) is 7.27. The lowest BCUT2D eigenvalue weighted by Gasteiger charge is -2.26. The van der Waals surface area contributed by atoms with E-state index in [1.807, 2.05) is 0 Å². The fourth-order valence-corrected chi connectivity index (χ4v) is 2.46. The molecule has 2 unspecified atom stereocenters. The minimum atomic E-state index is 0.805. The van der Waals surface area contributed by atoms with E-state index in [2.05, 4.69) is 23.9 Å². The van der Waals surface area contributed by atoms with E-state index >= 15 is 0 Å². The Labute approximate surface area is 81.9 Å². The lowest BCUT2D eigenvalue weighted by atomic mass is 10.1. The Hall–Kier alpha value is -0.0800. The van der Waals surface area contributed by atoms with Crippen LogP contribution in [0.4, 0.5) is 0 Å². The zero-order valence-corrected chi connectivity index (χ0v) is 9.00. The predicted molar refractivity (Wildman–Crippen MR) is 55.4 cm³/mol. The van der Waals surface area contributed by atoms with E-state index in [0.717, 1.165) is 12.1 Å². The molecule has 2 aliphatic heterocycles. The number of rotatable bonds is 1. The fourth-order valence-electron chi connectivity index (χ4n) is 2.46. The Morgan fingerprint density at radius 3 is 1.69 bits per heavy atom. The van der Waals surface area contributed by atoms with Crippen LogP contribution in [-0.2, 0) is 0 Å². The summed E-state index contributed by atoms with van der Waals surface area (Å²) in [4.78, 5) is 0. The van der Waals surface area contributed by atoms with Gasteiger partial charge in [0.25, 0.3) is 0 Å². The van der Waals surface area contributed by atoms with E-state index in [4.69, 9.17) is 0 Å². The summed E-state index contributed by atoms with van der Waals surface area (Å²) in [5, 5.41) is 5.15. The summed E-state index contributed by atoms with van der Waals surface area (Å²) in [7, 11) is 0. The van der Waals surface area contributed by atoms with Crippen molar-refractivity contribution in [2.24, 2.45) is 0 Å². The van der Waals surface area contributed by atoms with Crippen molar-refractivity contribution < 1.29 is 0 Å². The van der Waals surface area contributed by atoms with Crippen LogP contribution in [0.5, 0.6) is 0 Å². The molecule has 13 heavy (non-hydrogen) atoms. The summed E-state index contributed by atoms with van der Waals surface area (Å²) in [5.74, 6) is 0. The minimum absolute atomic E-state index is 0.805. The van der Waals surface area contributed by atoms with Gasteiger partial charge in [-0.1, -0.05) is 19.3 Å². The van der Waals surface area contributed by atoms with Crippen LogP contribution in [0, 0.1) is 0 Å². The quantitative estimate of drug-likeness (QED) is 0.574. The summed E-state index contributed by atoms with van der Waals surface area (Å²) in [6, 6.07) is 1.61. The number of hydrogen-bond donors (Lipinski definition) is 0. The molecule has 2 saturated heterocycles. The molecule has 0 N–H and O–H groups in total. The van der Waals surface area contributed by atoms with Crippen molar-refractivity contribution in [1.29, 1.82) is 0 Å². The molecule has 76 valence electrons. The molecule has 0 aromatic carbocycles. The van der Waals surface area contributed by atoms with Gasteiger partial charge in [0.15, 0.2) is 0 Å². The molecule has 0 aliphatic carbocycles.